The monoisotopic (exact) mass is 619 g/mol. The Morgan fingerprint density at radius 2 is 1.62 bits per heavy atom. The maximum Gasteiger partial charge on any atom is 0.264 e. The quantitative estimate of drug-likeness (QED) is 0.288. The van der Waals surface area contributed by atoms with E-state index in [1.54, 1.807) is 31.2 Å². The summed E-state index contributed by atoms with van der Waals surface area (Å²) in [6.07, 6.45) is 0.679. The van der Waals surface area contributed by atoms with Gasteiger partial charge in [-0.3, -0.25) is 13.9 Å². The van der Waals surface area contributed by atoms with Gasteiger partial charge in [-0.2, -0.15) is 0 Å². The van der Waals surface area contributed by atoms with Crippen LogP contribution in [0.15, 0.2) is 71.6 Å². The van der Waals surface area contributed by atoms with Gasteiger partial charge in [-0.05, 0) is 68.3 Å². The molecular formula is C30H35ClFN3O6S. The minimum absolute atomic E-state index is 0.0499. The van der Waals surface area contributed by atoms with Crippen molar-refractivity contribution in [3.05, 3.63) is 83.1 Å². The normalized spacial score (nSPS) is 12.6. The first-order valence-electron chi connectivity index (χ1n) is 13.3. The number of ether oxygens (including phenoxy) is 2. The summed E-state index contributed by atoms with van der Waals surface area (Å²) in [5, 5.41) is 3.26. The highest BCUT2D eigenvalue weighted by atomic mass is 35.5. The highest BCUT2D eigenvalue weighted by Gasteiger charge is 2.33. The summed E-state index contributed by atoms with van der Waals surface area (Å²) in [5.74, 6) is -1.17. The Morgan fingerprint density at radius 3 is 2.21 bits per heavy atom. The molecule has 0 unspecified atom stereocenters. The zero-order valence-corrected chi connectivity index (χ0v) is 25.7. The molecule has 1 N–H and O–H groups in total. The third-order valence-corrected chi connectivity index (χ3v) is 8.94. The maximum atomic E-state index is 14.0. The molecule has 0 aliphatic heterocycles. The van der Waals surface area contributed by atoms with E-state index < -0.39 is 40.2 Å². The van der Waals surface area contributed by atoms with Crippen LogP contribution in [0.3, 0.4) is 0 Å². The van der Waals surface area contributed by atoms with Crippen LogP contribution in [0.25, 0.3) is 0 Å². The molecule has 3 aromatic carbocycles. The van der Waals surface area contributed by atoms with Crippen molar-refractivity contribution in [3.8, 4) is 11.5 Å². The lowest BCUT2D eigenvalue weighted by molar-refractivity contribution is -0.139. The second kappa shape index (κ2) is 14.4. The number of sulfonamides is 1. The first-order chi connectivity index (χ1) is 19.9. The number of carbonyl (C=O) groups is 2. The van der Waals surface area contributed by atoms with Crippen LogP contribution in [0.5, 0.6) is 11.5 Å². The zero-order chi connectivity index (χ0) is 31.0. The number of nitrogens with zero attached hydrogens (tertiary/aromatic N) is 2. The molecule has 0 heterocycles. The number of rotatable bonds is 13. The molecule has 3 rings (SSSR count). The van der Waals surface area contributed by atoms with E-state index in [1.165, 1.54) is 49.5 Å². The molecule has 0 aliphatic rings. The van der Waals surface area contributed by atoms with E-state index in [0.717, 1.165) is 16.4 Å². The Bertz CT molecular complexity index is 1500. The fourth-order valence-electron chi connectivity index (χ4n) is 4.10. The summed E-state index contributed by atoms with van der Waals surface area (Å²) in [7, 11) is -1.61. The standard InChI is InChI=1S/C30H35ClFN3O6S/c1-6-20(2)33-30(37)21(3)34(18-22-9-7-8-10-26(22)31)29(36)19-35(24-13-11-23(32)12-14-24)42(38,39)25-15-16-27(40-4)28(17-25)41-5/h7-17,20-21H,6,18-19H2,1-5H3,(H,33,37)/t20-,21+/m1/s1. The molecule has 0 radical (unpaired) electrons. The third kappa shape index (κ3) is 7.71. The molecule has 42 heavy (non-hydrogen) atoms. The molecule has 2 amide bonds. The number of anilines is 1. The molecular weight excluding hydrogens is 585 g/mol. The van der Waals surface area contributed by atoms with Crippen LogP contribution < -0.4 is 19.1 Å². The molecule has 0 spiro atoms. The van der Waals surface area contributed by atoms with Gasteiger partial charge >= 0.3 is 0 Å². The molecule has 0 bridgehead atoms. The Kier molecular flexibility index (Phi) is 11.2. The van der Waals surface area contributed by atoms with Crippen molar-refractivity contribution >= 4 is 39.1 Å². The Balaban J connectivity index is 2.07. The summed E-state index contributed by atoms with van der Waals surface area (Å²) in [6.45, 7) is 4.59. The summed E-state index contributed by atoms with van der Waals surface area (Å²) < 4.78 is 53.2. The van der Waals surface area contributed by atoms with Gasteiger partial charge in [0, 0.05) is 23.7 Å². The first-order valence-corrected chi connectivity index (χ1v) is 15.1. The molecule has 0 aliphatic carbocycles. The fourth-order valence-corrected chi connectivity index (χ4v) is 5.72. The molecule has 9 nitrogen and oxygen atoms in total. The van der Waals surface area contributed by atoms with Crippen LogP contribution in [-0.2, 0) is 26.2 Å². The fraction of sp³-hybridized carbons (Fsp3) is 0.333. The van der Waals surface area contributed by atoms with Crippen molar-refractivity contribution in [2.45, 2.75) is 50.7 Å². The molecule has 12 heteroatoms. The minimum Gasteiger partial charge on any atom is -0.493 e. The minimum atomic E-state index is -4.40. The summed E-state index contributed by atoms with van der Waals surface area (Å²) in [5.41, 5.74) is 0.626. The lowest BCUT2D eigenvalue weighted by atomic mass is 10.1. The summed E-state index contributed by atoms with van der Waals surface area (Å²) in [6, 6.07) is 14.5. The summed E-state index contributed by atoms with van der Waals surface area (Å²) >= 11 is 6.38. The average molecular weight is 620 g/mol. The van der Waals surface area contributed by atoms with Gasteiger partial charge in [-0.15, -0.1) is 0 Å². The van der Waals surface area contributed by atoms with Crippen molar-refractivity contribution < 1.29 is 31.9 Å². The number of carbonyl (C=O) groups excluding carboxylic acids is 2. The second-order valence-corrected chi connectivity index (χ2v) is 11.9. The number of hydrogen-bond acceptors (Lipinski definition) is 6. The number of methoxy groups -OCH3 is 2. The van der Waals surface area contributed by atoms with Crippen LogP contribution in [-0.4, -0.2) is 58.0 Å². The van der Waals surface area contributed by atoms with Crippen LogP contribution >= 0.6 is 11.6 Å². The number of hydrogen-bond donors (Lipinski definition) is 1. The van der Waals surface area contributed by atoms with Gasteiger partial charge in [0.05, 0.1) is 24.8 Å². The van der Waals surface area contributed by atoms with E-state index in [9.17, 15) is 22.4 Å². The van der Waals surface area contributed by atoms with Gasteiger partial charge in [0.25, 0.3) is 10.0 Å². The van der Waals surface area contributed by atoms with Crippen molar-refractivity contribution in [2.75, 3.05) is 25.1 Å². The van der Waals surface area contributed by atoms with E-state index in [1.807, 2.05) is 13.8 Å². The molecule has 0 fully saturated rings. The smallest absolute Gasteiger partial charge is 0.264 e. The van der Waals surface area contributed by atoms with E-state index in [-0.39, 0.29) is 28.9 Å². The predicted octanol–water partition coefficient (Wildman–Crippen LogP) is 5.02. The van der Waals surface area contributed by atoms with Gasteiger partial charge in [-0.1, -0.05) is 36.7 Å². The lowest BCUT2D eigenvalue weighted by Crippen LogP contribution is -2.52. The van der Waals surface area contributed by atoms with Crippen LogP contribution in [0.4, 0.5) is 10.1 Å². The SMILES string of the molecule is CC[C@@H](C)NC(=O)[C@H](C)N(Cc1ccccc1Cl)C(=O)CN(c1ccc(F)cc1)S(=O)(=O)c1ccc(OC)c(OC)c1. The van der Waals surface area contributed by atoms with Crippen LogP contribution in [0.2, 0.25) is 5.02 Å². The van der Waals surface area contributed by atoms with Gasteiger partial charge < -0.3 is 19.7 Å². The topological polar surface area (TPSA) is 105 Å². The van der Waals surface area contributed by atoms with Crippen molar-refractivity contribution in [1.29, 1.82) is 0 Å². The zero-order valence-electron chi connectivity index (χ0n) is 24.1. The molecule has 226 valence electrons. The van der Waals surface area contributed by atoms with Crippen LogP contribution in [0, 0.1) is 5.82 Å². The number of halogens is 2. The molecule has 0 saturated heterocycles. The van der Waals surface area contributed by atoms with E-state index in [2.05, 4.69) is 5.32 Å². The average Bonchev–Trinajstić information content (AvgIpc) is 2.98. The van der Waals surface area contributed by atoms with E-state index in [4.69, 9.17) is 21.1 Å². The van der Waals surface area contributed by atoms with Crippen LogP contribution in [0.1, 0.15) is 32.8 Å². The summed E-state index contributed by atoms with van der Waals surface area (Å²) in [4.78, 5) is 28.2. The number of nitrogens with one attached hydrogen (secondary N) is 1. The molecule has 2 atom stereocenters. The Labute approximate surface area is 251 Å². The molecule has 3 aromatic rings. The third-order valence-electron chi connectivity index (χ3n) is 6.80. The predicted molar refractivity (Wildman–Crippen MR) is 160 cm³/mol. The Morgan fingerprint density at radius 1 is 0.976 bits per heavy atom. The number of amides is 2. The second-order valence-electron chi connectivity index (χ2n) is 9.61. The first kappa shape index (κ1) is 32.7. The van der Waals surface area contributed by atoms with Gasteiger partial charge in [0.2, 0.25) is 11.8 Å². The van der Waals surface area contributed by atoms with E-state index in [0.29, 0.717) is 22.8 Å². The maximum absolute atomic E-state index is 14.0. The van der Waals surface area contributed by atoms with Crippen molar-refractivity contribution in [1.82, 2.24) is 10.2 Å². The van der Waals surface area contributed by atoms with E-state index >= 15 is 0 Å². The molecule has 0 aromatic heterocycles. The van der Waals surface area contributed by atoms with Crippen molar-refractivity contribution in [3.63, 3.8) is 0 Å². The van der Waals surface area contributed by atoms with Crippen molar-refractivity contribution in [2.24, 2.45) is 0 Å². The lowest BCUT2D eigenvalue weighted by Gasteiger charge is -2.32. The molecule has 0 saturated carbocycles. The number of benzene rings is 3. The highest BCUT2D eigenvalue weighted by Crippen LogP contribution is 2.32. The van der Waals surface area contributed by atoms with Gasteiger partial charge in [-0.25, -0.2) is 12.8 Å². The highest BCUT2D eigenvalue weighted by molar-refractivity contribution is 7.92. The van der Waals surface area contributed by atoms with Gasteiger partial charge in [0.1, 0.15) is 18.4 Å². The largest absolute Gasteiger partial charge is 0.493 e. The van der Waals surface area contributed by atoms with Gasteiger partial charge in [0.15, 0.2) is 11.5 Å². The Hall–Kier alpha value is -3.83.